The monoisotopic (exact) mass is 353 g/mol. The third-order valence-electron chi connectivity index (χ3n) is 3.25. The first-order valence-electron chi connectivity index (χ1n) is 7.45. The molecule has 8 heteroatoms. The lowest BCUT2D eigenvalue weighted by molar-refractivity contribution is -0.153. The quantitative estimate of drug-likeness (QED) is 0.867. The SMILES string of the molecule is CN(C)c1ccc(C(=O)NCc2ccc(OCC(F)(F)F)cc2)cn1. The summed E-state index contributed by atoms with van der Waals surface area (Å²) in [5.41, 5.74) is 1.17. The highest BCUT2D eigenvalue weighted by Crippen LogP contribution is 2.18. The molecule has 0 radical (unpaired) electrons. The average Bonchev–Trinajstić information content (AvgIpc) is 2.58. The van der Waals surface area contributed by atoms with E-state index >= 15 is 0 Å². The van der Waals surface area contributed by atoms with Crippen molar-refractivity contribution >= 4 is 11.7 Å². The number of aromatic nitrogens is 1. The fourth-order valence-corrected chi connectivity index (χ4v) is 1.94. The molecule has 0 spiro atoms. The molecule has 5 nitrogen and oxygen atoms in total. The summed E-state index contributed by atoms with van der Waals surface area (Å²) in [7, 11) is 3.70. The highest BCUT2D eigenvalue weighted by Gasteiger charge is 2.28. The van der Waals surface area contributed by atoms with Crippen LogP contribution in [0.1, 0.15) is 15.9 Å². The predicted octanol–water partition coefficient (Wildman–Crippen LogP) is 3.02. The van der Waals surface area contributed by atoms with E-state index in [4.69, 9.17) is 0 Å². The Labute approximate surface area is 143 Å². The highest BCUT2D eigenvalue weighted by molar-refractivity contribution is 5.94. The molecule has 1 amide bonds. The molecule has 0 bridgehead atoms. The van der Waals surface area contributed by atoms with E-state index in [-0.39, 0.29) is 18.2 Å². The zero-order valence-corrected chi connectivity index (χ0v) is 13.8. The second-order valence-corrected chi connectivity index (χ2v) is 5.53. The molecule has 1 aromatic heterocycles. The Hall–Kier alpha value is -2.77. The fraction of sp³-hybridized carbons (Fsp3) is 0.294. The van der Waals surface area contributed by atoms with E-state index in [1.807, 2.05) is 19.0 Å². The van der Waals surface area contributed by atoms with E-state index in [9.17, 15) is 18.0 Å². The number of nitrogens with zero attached hydrogens (tertiary/aromatic N) is 2. The van der Waals surface area contributed by atoms with Crippen molar-refractivity contribution in [1.29, 1.82) is 0 Å². The first kappa shape index (κ1) is 18.6. The number of nitrogens with one attached hydrogen (secondary N) is 1. The summed E-state index contributed by atoms with van der Waals surface area (Å²) in [6.07, 6.45) is -2.89. The molecule has 1 heterocycles. The van der Waals surface area contributed by atoms with Crippen molar-refractivity contribution in [2.24, 2.45) is 0 Å². The Morgan fingerprint density at radius 1 is 1.16 bits per heavy atom. The molecule has 0 saturated carbocycles. The Morgan fingerprint density at radius 3 is 2.36 bits per heavy atom. The number of pyridine rings is 1. The van der Waals surface area contributed by atoms with Gasteiger partial charge in [-0.05, 0) is 29.8 Å². The van der Waals surface area contributed by atoms with Gasteiger partial charge < -0.3 is 15.0 Å². The van der Waals surface area contributed by atoms with E-state index in [0.29, 0.717) is 5.56 Å². The lowest BCUT2D eigenvalue weighted by Crippen LogP contribution is -2.23. The maximum atomic E-state index is 12.1. The van der Waals surface area contributed by atoms with Crippen LogP contribution in [0.5, 0.6) is 5.75 Å². The first-order valence-corrected chi connectivity index (χ1v) is 7.45. The van der Waals surface area contributed by atoms with Crippen LogP contribution >= 0.6 is 0 Å². The summed E-state index contributed by atoms with van der Waals surface area (Å²) in [6.45, 7) is -1.09. The van der Waals surface area contributed by atoms with Gasteiger partial charge in [0.15, 0.2) is 6.61 Å². The summed E-state index contributed by atoms with van der Waals surface area (Å²) < 4.78 is 40.9. The van der Waals surface area contributed by atoms with Gasteiger partial charge in [-0.15, -0.1) is 0 Å². The third-order valence-corrected chi connectivity index (χ3v) is 3.25. The number of amides is 1. The minimum absolute atomic E-state index is 0.121. The largest absolute Gasteiger partial charge is 0.484 e. The van der Waals surface area contributed by atoms with Crippen LogP contribution in [0.2, 0.25) is 0 Å². The van der Waals surface area contributed by atoms with E-state index in [0.717, 1.165) is 11.4 Å². The van der Waals surface area contributed by atoms with Crippen LogP contribution < -0.4 is 15.0 Å². The van der Waals surface area contributed by atoms with E-state index in [2.05, 4.69) is 15.0 Å². The Morgan fingerprint density at radius 2 is 1.84 bits per heavy atom. The van der Waals surface area contributed by atoms with E-state index in [1.165, 1.54) is 18.3 Å². The summed E-state index contributed by atoms with van der Waals surface area (Å²) >= 11 is 0. The van der Waals surface area contributed by atoms with Crippen molar-refractivity contribution in [3.63, 3.8) is 0 Å². The van der Waals surface area contributed by atoms with Gasteiger partial charge in [-0.1, -0.05) is 12.1 Å². The number of halogens is 3. The molecule has 0 aliphatic heterocycles. The number of hydrogen-bond acceptors (Lipinski definition) is 4. The molecule has 0 atom stereocenters. The van der Waals surface area contributed by atoms with Gasteiger partial charge in [0, 0.05) is 26.8 Å². The van der Waals surface area contributed by atoms with Crippen LogP contribution in [0.4, 0.5) is 19.0 Å². The first-order chi connectivity index (χ1) is 11.7. The van der Waals surface area contributed by atoms with Crippen molar-refractivity contribution < 1.29 is 22.7 Å². The molecule has 134 valence electrons. The van der Waals surface area contributed by atoms with Gasteiger partial charge in [0.05, 0.1) is 5.56 Å². The zero-order chi connectivity index (χ0) is 18.4. The van der Waals surface area contributed by atoms with Crippen LogP contribution in [0.15, 0.2) is 42.6 Å². The molecule has 1 aromatic carbocycles. The molecule has 0 unspecified atom stereocenters. The third kappa shape index (κ3) is 5.98. The zero-order valence-electron chi connectivity index (χ0n) is 13.8. The van der Waals surface area contributed by atoms with Crippen molar-refractivity contribution in [2.75, 3.05) is 25.6 Å². The average molecular weight is 353 g/mol. The topological polar surface area (TPSA) is 54.5 Å². The van der Waals surface area contributed by atoms with Gasteiger partial charge in [0.2, 0.25) is 0 Å². The van der Waals surface area contributed by atoms with Crippen LogP contribution in [0.3, 0.4) is 0 Å². The number of benzene rings is 1. The number of rotatable bonds is 6. The molecule has 1 N–H and O–H groups in total. The second-order valence-electron chi connectivity index (χ2n) is 5.53. The summed E-state index contributed by atoms with van der Waals surface area (Å²) in [4.78, 5) is 18.1. The number of alkyl halides is 3. The van der Waals surface area contributed by atoms with Gasteiger partial charge in [-0.3, -0.25) is 4.79 Å². The summed E-state index contributed by atoms with van der Waals surface area (Å²) in [6, 6.07) is 9.47. The molecule has 25 heavy (non-hydrogen) atoms. The van der Waals surface area contributed by atoms with Crippen molar-refractivity contribution in [3.8, 4) is 5.75 Å². The van der Waals surface area contributed by atoms with E-state index in [1.54, 1.807) is 24.3 Å². The van der Waals surface area contributed by atoms with Gasteiger partial charge in [0.25, 0.3) is 5.91 Å². The molecule has 0 aliphatic rings. The van der Waals surface area contributed by atoms with Gasteiger partial charge in [-0.2, -0.15) is 13.2 Å². The van der Waals surface area contributed by atoms with Gasteiger partial charge in [0.1, 0.15) is 11.6 Å². The molecular formula is C17H18F3N3O2. The normalized spacial score (nSPS) is 11.1. The lowest BCUT2D eigenvalue weighted by atomic mass is 10.2. The van der Waals surface area contributed by atoms with Crippen LogP contribution in [0, 0.1) is 0 Å². The van der Waals surface area contributed by atoms with Crippen LogP contribution in [-0.4, -0.2) is 37.8 Å². The van der Waals surface area contributed by atoms with Crippen LogP contribution in [0.25, 0.3) is 0 Å². The Balaban J connectivity index is 1.87. The Bertz CT molecular complexity index is 699. The maximum absolute atomic E-state index is 12.1. The number of carbonyl (C=O) groups excluding carboxylic acids is 1. The number of ether oxygens (including phenoxy) is 1. The van der Waals surface area contributed by atoms with Gasteiger partial charge in [-0.25, -0.2) is 4.98 Å². The number of anilines is 1. The van der Waals surface area contributed by atoms with Crippen LogP contribution in [-0.2, 0) is 6.54 Å². The maximum Gasteiger partial charge on any atom is 0.422 e. The Kier molecular flexibility index (Phi) is 5.84. The molecule has 0 aliphatic carbocycles. The number of carbonyl (C=O) groups is 1. The molecule has 2 aromatic rings. The standard InChI is InChI=1S/C17H18F3N3O2/c1-23(2)15-8-5-13(10-21-15)16(24)22-9-12-3-6-14(7-4-12)25-11-17(18,19)20/h3-8,10H,9,11H2,1-2H3,(H,22,24). The molecule has 0 saturated heterocycles. The predicted molar refractivity (Wildman–Crippen MR) is 87.7 cm³/mol. The highest BCUT2D eigenvalue weighted by atomic mass is 19.4. The molecule has 2 rings (SSSR count). The minimum atomic E-state index is -4.37. The molecule has 0 fully saturated rings. The summed E-state index contributed by atoms with van der Waals surface area (Å²) in [5.74, 6) is 0.581. The van der Waals surface area contributed by atoms with Crippen molar-refractivity contribution in [3.05, 3.63) is 53.7 Å². The van der Waals surface area contributed by atoms with Gasteiger partial charge >= 0.3 is 6.18 Å². The second kappa shape index (κ2) is 7.87. The van der Waals surface area contributed by atoms with Crippen molar-refractivity contribution in [1.82, 2.24) is 10.3 Å². The fourth-order valence-electron chi connectivity index (χ4n) is 1.94. The van der Waals surface area contributed by atoms with Crippen molar-refractivity contribution in [2.45, 2.75) is 12.7 Å². The number of hydrogen-bond donors (Lipinski definition) is 1. The van der Waals surface area contributed by atoms with E-state index < -0.39 is 12.8 Å². The minimum Gasteiger partial charge on any atom is -0.484 e. The summed E-state index contributed by atoms with van der Waals surface area (Å²) in [5, 5.41) is 2.73. The molecular weight excluding hydrogens is 335 g/mol. The smallest absolute Gasteiger partial charge is 0.422 e. The lowest BCUT2D eigenvalue weighted by Gasteiger charge is -2.11.